The molecule has 0 spiro atoms. The summed E-state index contributed by atoms with van der Waals surface area (Å²) in [6.07, 6.45) is 1.50. The molecule has 80 valence electrons. The second-order valence-electron chi connectivity index (χ2n) is 2.76. The van der Waals surface area contributed by atoms with Crippen LogP contribution in [-0.2, 0) is 19.1 Å². The van der Waals surface area contributed by atoms with E-state index in [4.69, 9.17) is 11.5 Å². The number of hydrogen-bond acceptors (Lipinski definition) is 4. The fourth-order valence-electron chi connectivity index (χ4n) is 0.773. The summed E-state index contributed by atoms with van der Waals surface area (Å²) in [6, 6.07) is 0. The van der Waals surface area contributed by atoms with E-state index < -0.39 is 23.7 Å². The number of hydrogen-bond donors (Lipinski definition) is 2. The lowest BCUT2D eigenvalue weighted by Crippen LogP contribution is -2.41. The van der Waals surface area contributed by atoms with Crippen LogP contribution >= 0.6 is 0 Å². The summed E-state index contributed by atoms with van der Waals surface area (Å²) in [5, 5.41) is 0. The molecule has 0 aliphatic heterocycles. The molecule has 14 heavy (non-hydrogen) atoms. The van der Waals surface area contributed by atoms with Gasteiger partial charge >= 0.3 is 5.97 Å². The van der Waals surface area contributed by atoms with Gasteiger partial charge in [0.1, 0.15) is 0 Å². The van der Waals surface area contributed by atoms with Crippen molar-refractivity contribution in [3.05, 3.63) is 0 Å². The van der Waals surface area contributed by atoms with Gasteiger partial charge in [-0.15, -0.1) is 0 Å². The molecule has 0 aromatic rings. The van der Waals surface area contributed by atoms with Gasteiger partial charge in [-0.25, -0.2) is 0 Å². The molecular weight excluding hydrogens is 188 g/mol. The van der Waals surface area contributed by atoms with Crippen LogP contribution in [0.25, 0.3) is 0 Å². The Labute approximate surface area is 81.6 Å². The molecule has 0 rings (SSSR count). The van der Waals surface area contributed by atoms with Gasteiger partial charge in [0.25, 0.3) is 0 Å². The third-order valence-corrected chi connectivity index (χ3v) is 1.55. The first kappa shape index (κ1) is 12.4. The number of carbonyl (C=O) groups is 3. The van der Waals surface area contributed by atoms with Crippen LogP contribution in [0.3, 0.4) is 0 Å². The molecule has 0 fully saturated rings. The molecule has 0 atom stereocenters. The average molecular weight is 202 g/mol. The Hall–Kier alpha value is -1.59. The Bertz CT molecular complexity index is 225. The summed E-state index contributed by atoms with van der Waals surface area (Å²) >= 11 is 0. The van der Waals surface area contributed by atoms with Crippen molar-refractivity contribution in [2.75, 3.05) is 6.61 Å². The first-order valence-corrected chi connectivity index (χ1v) is 4.26. The third kappa shape index (κ3) is 3.88. The van der Waals surface area contributed by atoms with Crippen LogP contribution in [0, 0.1) is 5.92 Å². The Morgan fingerprint density at radius 1 is 1.21 bits per heavy atom. The number of esters is 1. The minimum Gasteiger partial charge on any atom is -0.465 e. The molecule has 0 aliphatic carbocycles. The van der Waals surface area contributed by atoms with E-state index in [0.29, 0.717) is 6.42 Å². The fraction of sp³-hybridized carbons (Fsp3) is 0.625. The molecule has 0 saturated carbocycles. The van der Waals surface area contributed by atoms with Crippen molar-refractivity contribution in [3.63, 3.8) is 0 Å². The Kier molecular flexibility index (Phi) is 5.28. The Balaban J connectivity index is 4.17. The highest BCUT2D eigenvalue weighted by Gasteiger charge is 2.31. The quantitative estimate of drug-likeness (QED) is 0.324. The van der Waals surface area contributed by atoms with Crippen LogP contribution < -0.4 is 11.5 Å². The molecule has 0 saturated heterocycles. The van der Waals surface area contributed by atoms with Crippen molar-refractivity contribution in [1.82, 2.24) is 0 Å². The number of rotatable bonds is 6. The smallest absolute Gasteiger partial charge is 0.328 e. The summed E-state index contributed by atoms with van der Waals surface area (Å²) in [6.45, 7) is 2.07. The normalized spacial score (nSPS) is 9.86. The van der Waals surface area contributed by atoms with E-state index in [1.807, 2.05) is 6.92 Å². The summed E-state index contributed by atoms with van der Waals surface area (Å²) in [7, 11) is 0. The maximum Gasteiger partial charge on any atom is 0.328 e. The zero-order chi connectivity index (χ0) is 11.1. The standard InChI is InChI=1S/C8H14N2O4/c1-2-3-4-14-8(13)5(6(9)11)7(10)12/h5H,2-4H2,1H3,(H2,9,11)(H2,10,12). The number of unbranched alkanes of at least 4 members (excludes halogenated alkanes) is 1. The highest BCUT2D eigenvalue weighted by Crippen LogP contribution is 1.99. The van der Waals surface area contributed by atoms with Gasteiger partial charge in [0.15, 0.2) is 0 Å². The van der Waals surface area contributed by atoms with Crippen molar-refractivity contribution in [2.45, 2.75) is 19.8 Å². The van der Waals surface area contributed by atoms with Crippen LogP contribution in [0.1, 0.15) is 19.8 Å². The molecule has 4 N–H and O–H groups in total. The minimum absolute atomic E-state index is 0.159. The van der Waals surface area contributed by atoms with Gasteiger partial charge in [-0.1, -0.05) is 13.3 Å². The van der Waals surface area contributed by atoms with Gasteiger partial charge in [0.05, 0.1) is 6.61 Å². The lowest BCUT2D eigenvalue weighted by molar-refractivity contribution is -0.154. The summed E-state index contributed by atoms with van der Waals surface area (Å²) in [5.41, 5.74) is 9.60. The highest BCUT2D eigenvalue weighted by atomic mass is 16.5. The number of nitrogens with two attached hydrogens (primary N) is 2. The SMILES string of the molecule is CCCCOC(=O)C(C(N)=O)C(N)=O. The van der Waals surface area contributed by atoms with Gasteiger partial charge in [0.2, 0.25) is 17.7 Å². The van der Waals surface area contributed by atoms with Gasteiger partial charge in [-0.3, -0.25) is 14.4 Å². The van der Waals surface area contributed by atoms with E-state index in [2.05, 4.69) is 4.74 Å². The van der Waals surface area contributed by atoms with Crippen molar-refractivity contribution in [3.8, 4) is 0 Å². The molecule has 6 nitrogen and oxygen atoms in total. The maximum absolute atomic E-state index is 11.1. The van der Waals surface area contributed by atoms with Crippen LogP contribution in [0.15, 0.2) is 0 Å². The summed E-state index contributed by atoms with van der Waals surface area (Å²) in [5.74, 6) is -4.82. The molecule has 0 bridgehead atoms. The Morgan fingerprint density at radius 2 is 1.71 bits per heavy atom. The van der Waals surface area contributed by atoms with Crippen LogP contribution in [0.4, 0.5) is 0 Å². The van der Waals surface area contributed by atoms with E-state index in [1.165, 1.54) is 0 Å². The number of amides is 2. The monoisotopic (exact) mass is 202 g/mol. The molecule has 0 aliphatic rings. The van der Waals surface area contributed by atoms with Crippen molar-refractivity contribution in [2.24, 2.45) is 17.4 Å². The van der Waals surface area contributed by atoms with Crippen molar-refractivity contribution >= 4 is 17.8 Å². The molecule has 6 heteroatoms. The van der Waals surface area contributed by atoms with Gasteiger partial charge in [-0.2, -0.15) is 0 Å². The van der Waals surface area contributed by atoms with Crippen molar-refractivity contribution < 1.29 is 19.1 Å². The predicted octanol–water partition coefficient (Wildman–Crippen LogP) is -1.08. The molecular formula is C8H14N2O4. The van der Waals surface area contributed by atoms with Crippen LogP contribution in [0.2, 0.25) is 0 Å². The highest BCUT2D eigenvalue weighted by molar-refractivity contribution is 6.14. The first-order valence-electron chi connectivity index (χ1n) is 4.26. The molecule has 0 radical (unpaired) electrons. The largest absolute Gasteiger partial charge is 0.465 e. The number of carbonyl (C=O) groups excluding carboxylic acids is 3. The molecule has 0 heterocycles. The van der Waals surface area contributed by atoms with Gasteiger partial charge in [-0.05, 0) is 6.42 Å². The second-order valence-corrected chi connectivity index (χ2v) is 2.76. The maximum atomic E-state index is 11.1. The predicted molar refractivity (Wildman–Crippen MR) is 47.7 cm³/mol. The molecule has 0 unspecified atom stereocenters. The summed E-state index contributed by atoms with van der Waals surface area (Å²) < 4.78 is 4.63. The van der Waals surface area contributed by atoms with E-state index in [0.717, 1.165) is 6.42 Å². The molecule has 0 aromatic heterocycles. The van der Waals surface area contributed by atoms with E-state index in [-0.39, 0.29) is 6.61 Å². The minimum atomic E-state index is -1.67. The zero-order valence-electron chi connectivity index (χ0n) is 7.99. The second kappa shape index (κ2) is 5.95. The van der Waals surface area contributed by atoms with Gasteiger partial charge in [0, 0.05) is 0 Å². The average Bonchev–Trinajstić information content (AvgIpc) is 2.03. The fourth-order valence-corrected chi connectivity index (χ4v) is 0.773. The lowest BCUT2D eigenvalue weighted by atomic mass is 10.1. The number of ether oxygens (including phenoxy) is 1. The van der Waals surface area contributed by atoms with E-state index >= 15 is 0 Å². The topological polar surface area (TPSA) is 112 Å². The molecule has 0 aromatic carbocycles. The van der Waals surface area contributed by atoms with Crippen molar-refractivity contribution in [1.29, 1.82) is 0 Å². The third-order valence-electron chi connectivity index (χ3n) is 1.55. The molecule has 2 amide bonds. The van der Waals surface area contributed by atoms with E-state index in [9.17, 15) is 14.4 Å². The van der Waals surface area contributed by atoms with Crippen LogP contribution in [0.5, 0.6) is 0 Å². The van der Waals surface area contributed by atoms with E-state index in [1.54, 1.807) is 0 Å². The summed E-state index contributed by atoms with van der Waals surface area (Å²) in [4.78, 5) is 32.3. The van der Waals surface area contributed by atoms with Gasteiger partial charge < -0.3 is 16.2 Å². The Morgan fingerprint density at radius 3 is 2.07 bits per heavy atom. The first-order chi connectivity index (χ1) is 6.50. The van der Waals surface area contributed by atoms with Crippen LogP contribution in [-0.4, -0.2) is 24.4 Å². The zero-order valence-corrected chi connectivity index (χ0v) is 7.99. The lowest BCUT2D eigenvalue weighted by Gasteiger charge is -2.08. The number of primary amides is 2.